The van der Waals surface area contributed by atoms with Crippen molar-refractivity contribution in [2.75, 3.05) is 13.2 Å². The molecule has 0 saturated heterocycles. The largest absolute Gasteiger partial charge is 0.381 e. The third-order valence-electron chi connectivity index (χ3n) is 2.36. The van der Waals surface area contributed by atoms with Crippen LogP contribution in [0.1, 0.15) is 24.8 Å². The van der Waals surface area contributed by atoms with Crippen molar-refractivity contribution in [2.45, 2.75) is 19.3 Å². The Hall–Kier alpha value is -1.37. The highest BCUT2D eigenvalue weighted by molar-refractivity contribution is 6.31. The molecular formula is C13H14ClNO2. The molecule has 0 aliphatic rings. The minimum absolute atomic E-state index is 0.158. The maximum Gasteiger partial charge on any atom is 0.156 e. The van der Waals surface area contributed by atoms with Crippen molar-refractivity contribution >= 4 is 17.4 Å². The van der Waals surface area contributed by atoms with E-state index >= 15 is 0 Å². The standard InChI is InChI=1S/C13H14ClNO2/c1-2-17-8-7-13(16)11(9-15)10-5-3-4-6-12(10)14/h3-6,11H,2,7-8H2,1H3. The van der Waals surface area contributed by atoms with Gasteiger partial charge in [-0.15, -0.1) is 0 Å². The van der Waals surface area contributed by atoms with Gasteiger partial charge in [0.15, 0.2) is 5.78 Å². The summed E-state index contributed by atoms with van der Waals surface area (Å²) in [7, 11) is 0. The summed E-state index contributed by atoms with van der Waals surface area (Å²) in [5.74, 6) is -0.960. The van der Waals surface area contributed by atoms with Gasteiger partial charge in [-0.25, -0.2) is 0 Å². The number of benzene rings is 1. The zero-order valence-corrected chi connectivity index (χ0v) is 10.4. The number of nitrogens with zero attached hydrogens (tertiary/aromatic N) is 1. The molecule has 1 rings (SSSR count). The average Bonchev–Trinajstić information content (AvgIpc) is 2.33. The van der Waals surface area contributed by atoms with E-state index in [1.54, 1.807) is 24.3 Å². The lowest BCUT2D eigenvalue weighted by atomic mass is 9.94. The molecule has 4 heteroatoms. The van der Waals surface area contributed by atoms with Gasteiger partial charge in [0.05, 0.1) is 12.7 Å². The molecule has 0 heterocycles. The Labute approximate surface area is 106 Å². The summed E-state index contributed by atoms with van der Waals surface area (Å²) in [5.41, 5.74) is 0.568. The second-order valence-electron chi connectivity index (χ2n) is 3.50. The predicted octanol–water partition coefficient (Wildman–Crippen LogP) is 2.94. The molecule has 1 aromatic carbocycles. The number of hydrogen-bond acceptors (Lipinski definition) is 3. The maximum atomic E-state index is 11.8. The molecule has 0 spiro atoms. The summed E-state index contributed by atoms with van der Waals surface area (Å²) >= 11 is 5.97. The number of hydrogen-bond donors (Lipinski definition) is 0. The number of halogens is 1. The molecule has 1 atom stereocenters. The van der Waals surface area contributed by atoms with Crippen molar-refractivity contribution in [1.82, 2.24) is 0 Å². The van der Waals surface area contributed by atoms with Crippen LogP contribution in [0.3, 0.4) is 0 Å². The summed E-state index contributed by atoms with van der Waals surface area (Å²) in [4.78, 5) is 11.8. The van der Waals surface area contributed by atoms with Gasteiger partial charge in [-0.1, -0.05) is 29.8 Å². The first-order valence-electron chi connectivity index (χ1n) is 5.45. The first-order chi connectivity index (χ1) is 8.20. The zero-order valence-electron chi connectivity index (χ0n) is 9.65. The molecule has 0 fully saturated rings. The first-order valence-corrected chi connectivity index (χ1v) is 5.83. The Morgan fingerprint density at radius 3 is 2.82 bits per heavy atom. The molecule has 17 heavy (non-hydrogen) atoms. The molecule has 0 N–H and O–H groups in total. The van der Waals surface area contributed by atoms with Gasteiger partial charge in [0.1, 0.15) is 5.92 Å². The number of ether oxygens (including phenoxy) is 1. The van der Waals surface area contributed by atoms with Crippen molar-refractivity contribution < 1.29 is 9.53 Å². The normalized spacial score (nSPS) is 11.8. The fourth-order valence-corrected chi connectivity index (χ4v) is 1.73. The Morgan fingerprint density at radius 1 is 1.53 bits per heavy atom. The van der Waals surface area contributed by atoms with Crippen LogP contribution in [-0.4, -0.2) is 19.0 Å². The van der Waals surface area contributed by atoms with Crippen LogP contribution in [0.2, 0.25) is 5.02 Å². The van der Waals surface area contributed by atoms with Crippen LogP contribution < -0.4 is 0 Å². The lowest BCUT2D eigenvalue weighted by molar-refractivity contribution is -0.120. The van der Waals surface area contributed by atoms with Crippen LogP contribution in [0, 0.1) is 11.3 Å². The quantitative estimate of drug-likeness (QED) is 0.731. The fraction of sp³-hybridized carbons (Fsp3) is 0.385. The van der Waals surface area contributed by atoms with Crippen molar-refractivity contribution in [3.8, 4) is 6.07 Å². The van der Waals surface area contributed by atoms with Crippen LogP contribution in [0.15, 0.2) is 24.3 Å². The number of nitriles is 1. The highest BCUT2D eigenvalue weighted by Crippen LogP contribution is 2.25. The minimum atomic E-state index is -0.802. The van der Waals surface area contributed by atoms with E-state index in [9.17, 15) is 4.79 Å². The highest BCUT2D eigenvalue weighted by Gasteiger charge is 2.21. The number of carbonyl (C=O) groups is 1. The monoisotopic (exact) mass is 251 g/mol. The van der Waals surface area contributed by atoms with Crippen LogP contribution in [-0.2, 0) is 9.53 Å². The van der Waals surface area contributed by atoms with Gasteiger partial charge in [0, 0.05) is 18.1 Å². The second kappa shape index (κ2) is 7.05. The van der Waals surface area contributed by atoms with Crippen LogP contribution in [0.4, 0.5) is 0 Å². The molecule has 0 aromatic heterocycles. The molecule has 0 amide bonds. The van der Waals surface area contributed by atoms with Gasteiger partial charge in [-0.2, -0.15) is 5.26 Å². The highest BCUT2D eigenvalue weighted by atomic mass is 35.5. The van der Waals surface area contributed by atoms with E-state index in [0.717, 1.165) is 0 Å². The number of carbonyl (C=O) groups excluding carboxylic acids is 1. The van der Waals surface area contributed by atoms with Gasteiger partial charge < -0.3 is 4.74 Å². The first kappa shape index (κ1) is 13.7. The molecule has 0 aliphatic carbocycles. The molecule has 0 saturated carbocycles. The van der Waals surface area contributed by atoms with E-state index in [0.29, 0.717) is 23.8 Å². The van der Waals surface area contributed by atoms with E-state index < -0.39 is 5.92 Å². The van der Waals surface area contributed by atoms with Crippen molar-refractivity contribution in [2.24, 2.45) is 0 Å². The molecular weight excluding hydrogens is 238 g/mol. The van der Waals surface area contributed by atoms with Gasteiger partial charge in [0.25, 0.3) is 0 Å². The minimum Gasteiger partial charge on any atom is -0.381 e. The second-order valence-corrected chi connectivity index (χ2v) is 3.90. The van der Waals surface area contributed by atoms with E-state index in [1.165, 1.54) is 0 Å². The smallest absolute Gasteiger partial charge is 0.156 e. The van der Waals surface area contributed by atoms with E-state index in [1.807, 2.05) is 13.0 Å². The van der Waals surface area contributed by atoms with Gasteiger partial charge in [-0.3, -0.25) is 4.79 Å². The van der Waals surface area contributed by atoms with Crippen molar-refractivity contribution in [1.29, 1.82) is 5.26 Å². The lowest BCUT2D eigenvalue weighted by Gasteiger charge is -2.10. The predicted molar refractivity (Wildman–Crippen MR) is 65.9 cm³/mol. The fourth-order valence-electron chi connectivity index (χ4n) is 1.49. The zero-order chi connectivity index (χ0) is 12.7. The molecule has 0 radical (unpaired) electrons. The summed E-state index contributed by atoms with van der Waals surface area (Å²) in [6.07, 6.45) is 0.233. The Balaban J connectivity index is 2.76. The lowest BCUT2D eigenvalue weighted by Crippen LogP contribution is -2.13. The molecule has 1 aromatic rings. The molecule has 90 valence electrons. The van der Waals surface area contributed by atoms with Gasteiger partial charge >= 0.3 is 0 Å². The molecule has 1 unspecified atom stereocenters. The van der Waals surface area contributed by atoms with Gasteiger partial charge in [0.2, 0.25) is 0 Å². The topological polar surface area (TPSA) is 50.1 Å². The van der Waals surface area contributed by atoms with E-state index in [4.69, 9.17) is 21.6 Å². The van der Waals surface area contributed by atoms with E-state index in [-0.39, 0.29) is 12.2 Å². The maximum absolute atomic E-state index is 11.8. The van der Waals surface area contributed by atoms with Gasteiger partial charge in [-0.05, 0) is 18.6 Å². The third kappa shape index (κ3) is 3.85. The van der Waals surface area contributed by atoms with Crippen molar-refractivity contribution in [3.05, 3.63) is 34.9 Å². The van der Waals surface area contributed by atoms with Crippen LogP contribution in [0.5, 0.6) is 0 Å². The van der Waals surface area contributed by atoms with Crippen LogP contribution >= 0.6 is 11.6 Å². The molecule has 0 bridgehead atoms. The SMILES string of the molecule is CCOCCC(=O)C(C#N)c1ccccc1Cl. The summed E-state index contributed by atoms with van der Waals surface area (Å²) < 4.78 is 5.10. The molecule has 3 nitrogen and oxygen atoms in total. The third-order valence-corrected chi connectivity index (χ3v) is 2.71. The summed E-state index contributed by atoms with van der Waals surface area (Å²) in [5, 5.41) is 9.51. The summed E-state index contributed by atoms with van der Waals surface area (Å²) in [6.45, 7) is 2.77. The Morgan fingerprint density at radius 2 is 2.24 bits per heavy atom. The average molecular weight is 252 g/mol. The number of Topliss-reactive ketones (excluding diaryl/α,β-unsaturated/α-hetero) is 1. The van der Waals surface area contributed by atoms with Crippen LogP contribution in [0.25, 0.3) is 0 Å². The molecule has 0 aliphatic heterocycles. The number of ketones is 1. The van der Waals surface area contributed by atoms with E-state index in [2.05, 4.69) is 0 Å². The Kier molecular flexibility index (Phi) is 5.68. The number of rotatable bonds is 6. The Bertz CT molecular complexity index is 426. The van der Waals surface area contributed by atoms with Crippen molar-refractivity contribution in [3.63, 3.8) is 0 Å². The summed E-state index contributed by atoms with van der Waals surface area (Å²) in [6, 6.07) is 8.91.